The molecule has 25 heavy (non-hydrogen) atoms. The third-order valence-electron chi connectivity index (χ3n) is 6.63. The Labute approximate surface area is 155 Å². The largest absolute Gasteiger partial charge is 0.393 e. The number of hydrogen-bond donors (Lipinski definition) is 2. The van der Waals surface area contributed by atoms with E-state index >= 15 is 0 Å². The fourth-order valence-corrected chi connectivity index (χ4v) is 6.13. The van der Waals surface area contributed by atoms with Crippen LogP contribution in [0.2, 0.25) is 0 Å². The Morgan fingerprint density at radius 1 is 0.600 bits per heavy atom. The maximum Gasteiger partial charge on any atom is 0.0575 e. The van der Waals surface area contributed by atoms with Gasteiger partial charge in [0.05, 0.1) is 12.2 Å². The van der Waals surface area contributed by atoms with Crippen molar-refractivity contribution in [2.24, 2.45) is 0 Å². The molecule has 0 aliphatic carbocycles. The Bertz CT molecular complexity index is 393. The van der Waals surface area contributed by atoms with Crippen LogP contribution in [0.4, 0.5) is 0 Å². The van der Waals surface area contributed by atoms with Gasteiger partial charge in [0.15, 0.2) is 0 Å². The van der Waals surface area contributed by atoms with Crippen LogP contribution in [0.25, 0.3) is 0 Å². The van der Waals surface area contributed by atoms with Crippen LogP contribution < -0.4 is 0 Å². The molecule has 4 heteroatoms. The van der Waals surface area contributed by atoms with Gasteiger partial charge in [-0.1, -0.05) is 0 Å². The molecule has 2 aliphatic heterocycles. The molecule has 0 radical (unpaired) electrons. The third-order valence-corrected chi connectivity index (χ3v) is 6.63. The van der Waals surface area contributed by atoms with Crippen LogP contribution >= 0.6 is 0 Å². The van der Waals surface area contributed by atoms with E-state index in [4.69, 9.17) is 0 Å². The highest BCUT2D eigenvalue weighted by Gasteiger charge is 2.46. The molecule has 0 unspecified atom stereocenters. The van der Waals surface area contributed by atoms with Gasteiger partial charge in [0.1, 0.15) is 0 Å². The summed E-state index contributed by atoms with van der Waals surface area (Å²) in [6.45, 7) is 20.2. The molecule has 0 spiro atoms. The summed E-state index contributed by atoms with van der Waals surface area (Å²) in [5, 5.41) is 20.5. The zero-order valence-electron chi connectivity index (χ0n) is 17.9. The summed E-state index contributed by atoms with van der Waals surface area (Å²) in [5.41, 5.74) is 0.128. The number of likely N-dealkylation sites (tertiary alicyclic amines) is 2. The number of aliphatic hydroxyl groups excluding tert-OH is 2. The molecule has 2 aliphatic rings. The highest BCUT2D eigenvalue weighted by Crippen LogP contribution is 2.40. The predicted octanol–water partition coefficient (Wildman–Crippen LogP) is 3.40. The van der Waals surface area contributed by atoms with Gasteiger partial charge in [-0.2, -0.15) is 0 Å². The van der Waals surface area contributed by atoms with Crippen molar-refractivity contribution in [3.63, 3.8) is 0 Å². The van der Waals surface area contributed by atoms with Crippen LogP contribution in [0.5, 0.6) is 0 Å². The Balaban J connectivity index is 2.03. The summed E-state index contributed by atoms with van der Waals surface area (Å²) >= 11 is 0. The summed E-state index contributed by atoms with van der Waals surface area (Å²) < 4.78 is 0. The van der Waals surface area contributed by atoms with Gasteiger partial charge in [-0.05, 0) is 87.5 Å². The minimum atomic E-state index is -0.192. The quantitative estimate of drug-likeness (QED) is 0.812. The maximum absolute atomic E-state index is 10.2. The van der Waals surface area contributed by atoms with E-state index < -0.39 is 0 Å². The molecule has 0 aromatic carbocycles. The van der Waals surface area contributed by atoms with Crippen LogP contribution in [0.3, 0.4) is 0 Å². The molecular formula is C21H42N2O2. The van der Waals surface area contributed by atoms with Crippen molar-refractivity contribution in [2.75, 3.05) is 13.1 Å². The van der Waals surface area contributed by atoms with Gasteiger partial charge in [0, 0.05) is 35.2 Å². The first-order valence-corrected chi connectivity index (χ1v) is 10.1. The molecule has 148 valence electrons. The normalized spacial score (nSPS) is 30.5. The Kier molecular flexibility index (Phi) is 5.73. The lowest BCUT2D eigenvalue weighted by Gasteiger charge is -2.56. The van der Waals surface area contributed by atoms with Gasteiger partial charge in [0.25, 0.3) is 0 Å². The zero-order valence-corrected chi connectivity index (χ0v) is 17.9. The third kappa shape index (κ3) is 4.58. The van der Waals surface area contributed by atoms with E-state index in [1.165, 1.54) is 0 Å². The van der Waals surface area contributed by atoms with Crippen molar-refractivity contribution >= 4 is 0 Å². The molecule has 0 aromatic heterocycles. The molecule has 2 heterocycles. The molecule has 4 nitrogen and oxygen atoms in total. The average molecular weight is 355 g/mol. The molecule has 0 saturated carbocycles. The van der Waals surface area contributed by atoms with E-state index in [0.29, 0.717) is 0 Å². The number of hydrogen-bond acceptors (Lipinski definition) is 4. The van der Waals surface area contributed by atoms with Gasteiger partial charge in [0.2, 0.25) is 0 Å². The van der Waals surface area contributed by atoms with Gasteiger partial charge in [-0.25, -0.2) is 0 Å². The first-order valence-electron chi connectivity index (χ1n) is 10.1. The van der Waals surface area contributed by atoms with Crippen LogP contribution in [-0.2, 0) is 0 Å². The van der Waals surface area contributed by atoms with E-state index in [9.17, 15) is 10.2 Å². The number of rotatable bonds is 4. The van der Waals surface area contributed by atoms with Gasteiger partial charge in [-0.3, -0.25) is 9.80 Å². The first kappa shape index (κ1) is 21.1. The second kappa shape index (κ2) is 6.78. The molecule has 0 amide bonds. The number of aliphatic hydroxyl groups is 2. The van der Waals surface area contributed by atoms with Crippen LogP contribution in [0.1, 0.15) is 87.5 Å². The average Bonchev–Trinajstić information content (AvgIpc) is 2.30. The lowest BCUT2D eigenvalue weighted by atomic mass is 9.77. The van der Waals surface area contributed by atoms with E-state index in [1.54, 1.807) is 0 Å². The van der Waals surface area contributed by atoms with Gasteiger partial charge < -0.3 is 10.2 Å². The lowest BCUT2D eigenvalue weighted by Crippen LogP contribution is -2.64. The SMILES string of the molecule is CC1(C)CC(O)CC(C)(C)N1CCCN1C(C)(C)CC(O)CC1(C)C. The Morgan fingerprint density at radius 3 is 1.08 bits per heavy atom. The number of piperidine rings is 2. The van der Waals surface area contributed by atoms with Crippen molar-refractivity contribution in [3.8, 4) is 0 Å². The topological polar surface area (TPSA) is 46.9 Å². The minimum absolute atomic E-state index is 0.0320. The summed E-state index contributed by atoms with van der Waals surface area (Å²) in [6.07, 6.45) is 4.14. The zero-order chi connectivity index (χ0) is 19.3. The summed E-state index contributed by atoms with van der Waals surface area (Å²) in [6, 6.07) is 0. The van der Waals surface area contributed by atoms with Crippen molar-refractivity contribution in [2.45, 2.75) is 122 Å². The Hall–Kier alpha value is -0.160. The monoisotopic (exact) mass is 354 g/mol. The highest BCUT2D eigenvalue weighted by molar-refractivity contribution is 5.02. The van der Waals surface area contributed by atoms with Crippen LogP contribution in [0, 0.1) is 0 Å². The van der Waals surface area contributed by atoms with E-state index in [2.05, 4.69) is 65.2 Å². The van der Waals surface area contributed by atoms with Crippen molar-refractivity contribution < 1.29 is 10.2 Å². The maximum atomic E-state index is 10.2. The van der Waals surface area contributed by atoms with Crippen molar-refractivity contribution in [1.29, 1.82) is 0 Å². The lowest BCUT2D eigenvalue weighted by molar-refractivity contribution is -0.0957. The molecule has 2 saturated heterocycles. The van der Waals surface area contributed by atoms with E-state index in [-0.39, 0.29) is 34.4 Å². The molecule has 0 aromatic rings. The summed E-state index contributed by atoms with van der Waals surface area (Å²) in [4.78, 5) is 5.21. The summed E-state index contributed by atoms with van der Waals surface area (Å²) in [5.74, 6) is 0. The number of nitrogens with zero attached hydrogens (tertiary/aromatic N) is 2. The van der Waals surface area contributed by atoms with Gasteiger partial charge in [-0.15, -0.1) is 0 Å². The molecule has 0 bridgehead atoms. The second-order valence-corrected chi connectivity index (χ2v) is 11.0. The standard InChI is InChI=1S/C21H42N2O2/c1-18(2)12-16(24)13-19(3,4)22(18)10-9-11-23-20(5,6)14-17(25)15-21(23,7)8/h16-17,24-25H,9-15H2,1-8H3. The smallest absolute Gasteiger partial charge is 0.0575 e. The highest BCUT2D eigenvalue weighted by atomic mass is 16.3. The summed E-state index contributed by atoms with van der Waals surface area (Å²) in [7, 11) is 0. The molecule has 0 atom stereocenters. The van der Waals surface area contributed by atoms with Gasteiger partial charge >= 0.3 is 0 Å². The fraction of sp³-hybridized carbons (Fsp3) is 1.00. The minimum Gasteiger partial charge on any atom is -0.393 e. The van der Waals surface area contributed by atoms with Crippen molar-refractivity contribution in [1.82, 2.24) is 9.80 Å². The van der Waals surface area contributed by atoms with E-state index in [1.807, 2.05) is 0 Å². The van der Waals surface area contributed by atoms with Crippen LogP contribution in [-0.4, -0.2) is 67.5 Å². The first-order chi connectivity index (χ1) is 11.2. The Morgan fingerprint density at radius 2 is 0.840 bits per heavy atom. The molecular weight excluding hydrogens is 312 g/mol. The molecule has 2 fully saturated rings. The van der Waals surface area contributed by atoms with Crippen molar-refractivity contribution in [3.05, 3.63) is 0 Å². The fourth-order valence-electron chi connectivity index (χ4n) is 6.13. The second-order valence-electron chi connectivity index (χ2n) is 11.0. The van der Waals surface area contributed by atoms with Crippen LogP contribution in [0.15, 0.2) is 0 Å². The predicted molar refractivity (Wildman–Crippen MR) is 105 cm³/mol. The van der Waals surface area contributed by atoms with E-state index in [0.717, 1.165) is 45.2 Å². The molecule has 2 rings (SSSR count). The molecule has 2 N–H and O–H groups in total.